The second-order valence-electron chi connectivity index (χ2n) is 4.26. The highest BCUT2D eigenvalue weighted by Crippen LogP contribution is 2.29. The number of nitrogens with one attached hydrogen (secondary N) is 1. The Balaban J connectivity index is 2.34. The van der Waals surface area contributed by atoms with Crippen LogP contribution in [-0.2, 0) is 11.3 Å². The van der Waals surface area contributed by atoms with Crippen LogP contribution in [0.15, 0.2) is 22.7 Å². The van der Waals surface area contributed by atoms with Gasteiger partial charge in [-0.15, -0.1) is 0 Å². The van der Waals surface area contributed by atoms with Gasteiger partial charge in [0.2, 0.25) is 0 Å². The molecule has 2 heterocycles. The van der Waals surface area contributed by atoms with Crippen LogP contribution >= 0.6 is 11.6 Å². The van der Waals surface area contributed by atoms with Crippen molar-refractivity contribution < 1.29 is 9.15 Å². The molecule has 1 atom stereocenters. The first-order chi connectivity index (χ1) is 9.17. The van der Waals surface area contributed by atoms with Crippen LogP contribution in [0.3, 0.4) is 0 Å². The summed E-state index contributed by atoms with van der Waals surface area (Å²) in [7, 11) is 3.53. The molecular formula is C13H18ClN3O2. The Bertz CT molecular complexity index is 536. The summed E-state index contributed by atoms with van der Waals surface area (Å²) >= 11 is 6.25. The summed E-state index contributed by atoms with van der Waals surface area (Å²) in [6.45, 7) is 3.15. The molecule has 0 amide bonds. The molecule has 0 saturated carbocycles. The van der Waals surface area contributed by atoms with Crippen molar-refractivity contribution in [3.63, 3.8) is 0 Å². The van der Waals surface area contributed by atoms with Gasteiger partial charge in [-0.1, -0.05) is 11.6 Å². The van der Waals surface area contributed by atoms with E-state index in [9.17, 15) is 0 Å². The number of nitrogens with zero attached hydrogens (tertiary/aromatic N) is 2. The summed E-state index contributed by atoms with van der Waals surface area (Å²) in [4.78, 5) is 0. The Kier molecular flexibility index (Phi) is 4.63. The number of rotatable bonds is 6. The van der Waals surface area contributed by atoms with Gasteiger partial charge in [0.05, 0.1) is 30.1 Å². The standard InChI is InChI=1S/C13H18ClN3O2/c1-9-4-5-11(19-9)12(15-2)13-10(14)8-16-17(13)6-7-18-3/h4-5,8,12,15H,6-7H2,1-3H3. The molecule has 2 aromatic rings. The van der Waals surface area contributed by atoms with E-state index in [1.54, 1.807) is 13.3 Å². The number of hydrogen-bond acceptors (Lipinski definition) is 4. The molecule has 0 bridgehead atoms. The lowest BCUT2D eigenvalue weighted by molar-refractivity contribution is 0.181. The van der Waals surface area contributed by atoms with E-state index in [2.05, 4.69) is 10.4 Å². The molecule has 2 aromatic heterocycles. The monoisotopic (exact) mass is 283 g/mol. The number of furan rings is 1. The van der Waals surface area contributed by atoms with Crippen molar-refractivity contribution >= 4 is 11.6 Å². The summed E-state index contributed by atoms with van der Waals surface area (Å²) in [6, 6.07) is 3.75. The van der Waals surface area contributed by atoms with Gasteiger partial charge < -0.3 is 14.5 Å². The number of hydrogen-bond donors (Lipinski definition) is 1. The summed E-state index contributed by atoms with van der Waals surface area (Å²) in [6.07, 6.45) is 1.65. The van der Waals surface area contributed by atoms with Crippen molar-refractivity contribution in [1.29, 1.82) is 0 Å². The van der Waals surface area contributed by atoms with Gasteiger partial charge in [0.25, 0.3) is 0 Å². The molecule has 0 saturated heterocycles. The summed E-state index contributed by atoms with van der Waals surface area (Å²) in [5.74, 6) is 1.69. The first-order valence-corrected chi connectivity index (χ1v) is 6.49. The van der Waals surface area contributed by atoms with Crippen molar-refractivity contribution in [2.75, 3.05) is 20.8 Å². The predicted octanol–water partition coefficient (Wildman–Crippen LogP) is 2.39. The van der Waals surface area contributed by atoms with Gasteiger partial charge in [-0.05, 0) is 26.1 Å². The smallest absolute Gasteiger partial charge is 0.127 e. The first-order valence-electron chi connectivity index (χ1n) is 6.11. The molecular weight excluding hydrogens is 266 g/mol. The molecule has 104 valence electrons. The number of aryl methyl sites for hydroxylation is 1. The van der Waals surface area contributed by atoms with Gasteiger partial charge in [-0.25, -0.2) is 0 Å². The molecule has 5 nitrogen and oxygen atoms in total. The predicted molar refractivity (Wildman–Crippen MR) is 73.5 cm³/mol. The van der Waals surface area contributed by atoms with E-state index in [4.69, 9.17) is 20.8 Å². The molecule has 2 rings (SSSR count). The fourth-order valence-electron chi connectivity index (χ4n) is 2.04. The fourth-order valence-corrected chi connectivity index (χ4v) is 2.29. The van der Waals surface area contributed by atoms with Crippen LogP contribution in [0, 0.1) is 6.92 Å². The molecule has 0 aliphatic rings. The van der Waals surface area contributed by atoms with Crippen molar-refractivity contribution in [2.24, 2.45) is 0 Å². The number of ether oxygens (including phenoxy) is 1. The Labute approximate surface area is 117 Å². The minimum absolute atomic E-state index is 0.124. The fraction of sp³-hybridized carbons (Fsp3) is 0.462. The van der Waals surface area contributed by atoms with Crippen LogP contribution in [0.5, 0.6) is 0 Å². The van der Waals surface area contributed by atoms with Crippen molar-refractivity contribution in [3.05, 3.63) is 40.6 Å². The molecule has 1 unspecified atom stereocenters. The third kappa shape index (κ3) is 3.00. The number of methoxy groups -OCH3 is 1. The van der Waals surface area contributed by atoms with Crippen molar-refractivity contribution in [2.45, 2.75) is 19.5 Å². The highest BCUT2D eigenvalue weighted by atomic mass is 35.5. The minimum atomic E-state index is -0.124. The van der Waals surface area contributed by atoms with Gasteiger partial charge >= 0.3 is 0 Å². The zero-order valence-corrected chi connectivity index (χ0v) is 12.1. The van der Waals surface area contributed by atoms with Gasteiger partial charge in [0.1, 0.15) is 17.6 Å². The lowest BCUT2D eigenvalue weighted by Crippen LogP contribution is -2.22. The molecule has 6 heteroatoms. The van der Waals surface area contributed by atoms with Crippen molar-refractivity contribution in [1.82, 2.24) is 15.1 Å². The second kappa shape index (κ2) is 6.23. The molecule has 0 radical (unpaired) electrons. The lowest BCUT2D eigenvalue weighted by Gasteiger charge is -2.16. The SMILES string of the molecule is CNC(c1ccc(C)o1)c1c(Cl)cnn1CCOC. The molecule has 0 aromatic carbocycles. The van der Waals surface area contributed by atoms with Crippen LogP contribution in [0.1, 0.15) is 23.3 Å². The Morgan fingerprint density at radius 1 is 1.53 bits per heavy atom. The summed E-state index contributed by atoms with van der Waals surface area (Å²) in [5.41, 5.74) is 0.885. The maximum absolute atomic E-state index is 6.25. The molecule has 0 aliphatic carbocycles. The topological polar surface area (TPSA) is 52.2 Å². The summed E-state index contributed by atoms with van der Waals surface area (Å²) < 4.78 is 12.6. The highest BCUT2D eigenvalue weighted by Gasteiger charge is 2.23. The number of aromatic nitrogens is 2. The van der Waals surface area contributed by atoms with Crippen LogP contribution in [0.25, 0.3) is 0 Å². The Morgan fingerprint density at radius 3 is 2.89 bits per heavy atom. The Hall–Kier alpha value is -1.30. The zero-order valence-electron chi connectivity index (χ0n) is 11.3. The largest absolute Gasteiger partial charge is 0.464 e. The average molecular weight is 284 g/mol. The maximum atomic E-state index is 6.25. The molecule has 0 fully saturated rings. The third-order valence-electron chi connectivity index (χ3n) is 2.95. The van der Waals surface area contributed by atoms with Gasteiger partial charge in [0, 0.05) is 7.11 Å². The average Bonchev–Trinajstić information content (AvgIpc) is 2.97. The van der Waals surface area contributed by atoms with E-state index < -0.39 is 0 Å². The van der Waals surface area contributed by atoms with E-state index in [1.165, 1.54) is 0 Å². The Morgan fingerprint density at radius 2 is 2.32 bits per heavy atom. The van der Waals surface area contributed by atoms with E-state index in [1.807, 2.05) is 30.8 Å². The molecule has 0 spiro atoms. The molecule has 0 aliphatic heterocycles. The van der Waals surface area contributed by atoms with Gasteiger partial charge in [-0.2, -0.15) is 5.10 Å². The quantitative estimate of drug-likeness (QED) is 0.884. The number of halogens is 1. The maximum Gasteiger partial charge on any atom is 0.127 e. The molecule has 1 N–H and O–H groups in total. The van der Waals surface area contributed by atoms with Crippen molar-refractivity contribution in [3.8, 4) is 0 Å². The van der Waals surface area contributed by atoms with E-state index >= 15 is 0 Å². The lowest BCUT2D eigenvalue weighted by atomic mass is 10.1. The minimum Gasteiger partial charge on any atom is -0.464 e. The normalized spacial score (nSPS) is 12.8. The van der Waals surface area contributed by atoms with Crippen LogP contribution < -0.4 is 5.32 Å². The second-order valence-corrected chi connectivity index (χ2v) is 4.67. The van der Waals surface area contributed by atoms with E-state index in [-0.39, 0.29) is 6.04 Å². The van der Waals surface area contributed by atoms with E-state index in [0.29, 0.717) is 18.2 Å². The zero-order chi connectivity index (χ0) is 13.8. The van der Waals surface area contributed by atoms with Crippen LogP contribution in [0.4, 0.5) is 0 Å². The molecule has 19 heavy (non-hydrogen) atoms. The van der Waals surface area contributed by atoms with E-state index in [0.717, 1.165) is 17.2 Å². The summed E-state index contributed by atoms with van der Waals surface area (Å²) in [5, 5.41) is 8.10. The van der Waals surface area contributed by atoms with Gasteiger partial charge in [0.15, 0.2) is 0 Å². The third-order valence-corrected chi connectivity index (χ3v) is 3.24. The van der Waals surface area contributed by atoms with Crippen LogP contribution in [0.2, 0.25) is 5.02 Å². The van der Waals surface area contributed by atoms with Gasteiger partial charge in [-0.3, -0.25) is 4.68 Å². The highest BCUT2D eigenvalue weighted by molar-refractivity contribution is 6.31. The first kappa shape index (κ1) is 14.1. The van der Waals surface area contributed by atoms with Crippen LogP contribution in [-0.4, -0.2) is 30.5 Å².